The molecule has 0 fully saturated rings. The van der Waals surface area contributed by atoms with Crippen LogP contribution in [0.4, 0.5) is 20.6 Å². The normalized spacial score (nSPS) is 9.95. The van der Waals surface area contributed by atoms with E-state index in [2.05, 4.69) is 10.6 Å². The Hall–Kier alpha value is -2.56. The summed E-state index contributed by atoms with van der Waals surface area (Å²) in [4.78, 5) is 11.9. The number of nitrogens with one attached hydrogen (secondary N) is 2. The predicted octanol–water partition coefficient (Wildman–Crippen LogP) is 3.79. The summed E-state index contributed by atoms with van der Waals surface area (Å²) in [6, 6.07) is 10.9. The Morgan fingerprint density at radius 1 is 1.15 bits per heavy atom. The third-order valence-electron chi connectivity index (χ3n) is 2.69. The van der Waals surface area contributed by atoms with Crippen LogP contribution < -0.4 is 15.4 Å². The highest BCUT2D eigenvalue weighted by atomic mass is 19.1. The number of carbonyl (C=O) groups excluding carboxylic acids is 1. The molecule has 0 spiro atoms. The van der Waals surface area contributed by atoms with E-state index >= 15 is 0 Å². The van der Waals surface area contributed by atoms with Crippen molar-refractivity contribution in [3.8, 4) is 5.75 Å². The topological polar surface area (TPSA) is 50.4 Å². The third-order valence-corrected chi connectivity index (χ3v) is 2.69. The lowest BCUT2D eigenvalue weighted by molar-refractivity contribution is 0.262. The first kappa shape index (κ1) is 13.9. The van der Waals surface area contributed by atoms with Crippen molar-refractivity contribution in [2.45, 2.75) is 6.92 Å². The monoisotopic (exact) mass is 274 g/mol. The number of urea groups is 1. The summed E-state index contributed by atoms with van der Waals surface area (Å²) >= 11 is 0. The van der Waals surface area contributed by atoms with Crippen molar-refractivity contribution in [2.24, 2.45) is 0 Å². The van der Waals surface area contributed by atoms with E-state index in [1.165, 1.54) is 25.3 Å². The molecule has 0 aliphatic carbocycles. The van der Waals surface area contributed by atoms with Crippen LogP contribution in [0.5, 0.6) is 5.75 Å². The van der Waals surface area contributed by atoms with Gasteiger partial charge in [0, 0.05) is 11.8 Å². The first-order valence-corrected chi connectivity index (χ1v) is 6.06. The van der Waals surface area contributed by atoms with Crippen molar-refractivity contribution in [1.82, 2.24) is 0 Å². The van der Waals surface area contributed by atoms with Crippen LogP contribution in [0.1, 0.15) is 5.56 Å². The van der Waals surface area contributed by atoms with Gasteiger partial charge >= 0.3 is 6.03 Å². The highest BCUT2D eigenvalue weighted by Crippen LogP contribution is 2.25. The van der Waals surface area contributed by atoms with Crippen molar-refractivity contribution in [3.05, 3.63) is 53.8 Å². The molecule has 2 amide bonds. The van der Waals surface area contributed by atoms with Gasteiger partial charge in [0.25, 0.3) is 0 Å². The van der Waals surface area contributed by atoms with Crippen molar-refractivity contribution in [1.29, 1.82) is 0 Å². The summed E-state index contributed by atoms with van der Waals surface area (Å²) in [6.45, 7) is 1.94. The molecule has 0 aromatic heterocycles. The van der Waals surface area contributed by atoms with E-state index in [0.717, 1.165) is 5.56 Å². The first-order chi connectivity index (χ1) is 9.58. The van der Waals surface area contributed by atoms with Gasteiger partial charge in [-0.3, -0.25) is 0 Å². The van der Waals surface area contributed by atoms with E-state index in [-0.39, 0.29) is 5.75 Å². The molecular formula is C15H15FN2O2. The molecule has 0 heterocycles. The number of ether oxygens (including phenoxy) is 1. The van der Waals surface area contributed by atoms with Crippen LogP contribution in [-0.2, 0) is 0 Å². The van der Waals surface area contributed by atoms with Crippen LogP contribution in [0.15, 0.2) is 42.5 Å². The molecule has 5 heteroatoms. The second kappa shape index (κ2) is 6.06. The summed E-state index contributed by atoms with van der Waals surface area (Å²) in [5.41, 5.74) is 2.13. The number of anilines is 2. The molecule has 0 bridgehead atoms. The number of hydrogen-bond acceptors (Lipinski definition) is 2. The molecule has 0 atom stereocenters. The van der Waals surface area contributed by atoms with Gasteiger partial charge in [-0.15, -0.1) is 0 Å². The number of halogens is 1. The molecule has 20 heavy (non-hydrogen) atoms. The van der Waals surface area contributed by atoms with E-state index in [1.807, 2.05) is 25.1 Å². The smallest absolute Gasteiger partial charge is 0.323 e. The third kappa shape index (κ3) is 3.47. The van der Waals surface area contributed by atoms with E-state index in [4.69, 9.17) is 4.74 Å². The van der Waals surface area contributed by atoms with Crippen molar-refractivity contribution in [2.75, 3.05) is 17.7 Å². The minimum Gasteiger partial charge on any atom is -0.494 e. The predicted molar refractivity (Wildman–Crippen MR) is 76.8 cm³/mol. The van der Waals surface area contributed by atoms with Crippen LogP contribution in [-0.4, -0.2) is 13.1 Å². The molecular weight excluding hydrogens is 259 g/mol. The fraction of sp³-hybridized carbons (Fsp3) is 0.133. The van der Waals surface area contributed by atoms with Gasteiger partial charge in [0.15, 0.2) is 0 Å². The molecule has 0 unspecified atom stereocenters. The molecule has 4 nitrogen and oxygen atoms in total. The van der Waals surface area contributed by atoms with Gasteiger partial charge in [0.1, 0.15) is 11.6 Å². The molecule has 0 saturated carbocycles. The average molecular weight is 274 g/mol. The Bertz CT molecular complexity index is 629. The van der Waals surface area contributed by atoms with Crippen molar-refractivity contribution >= 4 is 17.4 Å². The van der Waals surface area contributed by atoms with Crippen molar-refractivity contribution in [3.63, 3.8) is 0 Å². The van der Waals surface area contributed by atoms with Gasteiger partial charge in [-0.25, -0.2) is 9.18 Å². The van der Waals surface area contributed by atoms with Gasteiger partial charge < -0.3 is 15.4 Å². The first-order valence-electron chi connectivity index (χ1n) is 6.06. The number of benzene rings is 2. The lowest BCUT2D eigenvalue weighted by Crippen LogP contribution is -2.19. The van der Waals surface area contributed by atoms with Crippen LogP contribution >= 0.6 is 0 Å². The zero-order chi connectivity index (χ0) is 14.5. The fourth-order valence-electron chi connectivity index (χ4n) is 1.78. The minimum atomic E-state index is -0.425. The molecule has 2 aromatic carbocycles. The minimum absolute atomic E-state index is 0.268. The summed E-state index contributed by atoms with van der Waals surface area (Å²) in [6.07, 6.45) is 0. The van der Waals surface area contributed by atoms with Crippen LogP contribution in [0.2, 0.25) is 0 Å². The van der Waals surface area contributed by atoms with E-state index in [0.29, 0.717) is 11.4 Å². The Labute approximate surface area is 116 Å². The van der Waals surface area contributed by atoms with Gasteiger partial charge in [0.05, 0.1) is 12.8 Å². The van der Waals surface area contributed by atoms with Gasteiger partial charge in [-0.1, -0.05) is 12.1 Å². The maximum absolute atomic E-state index is 13.1. The number of carbonyl (C=O) groups is 1. The number of hydrogen-bond donors (Lipinski definition) is 2. The SMILES string of the molecule is COc1cc(F)ccc1NC(=O)Nc1cccc(C)c1. The van der Waals surface area contributed by atoms with Crippen LogP contribution in [0.25, 0.3) is 0 Å². The molecule has 104 valence electrons. The summed E-state index contributed by atoms with van der Waals surface area (Å²) in [7, 11) is 1.42. The number of methoxy groups -OCH3 is 1. The highest BCUT2D eigenvalue weighted by Gasteiger charge is 2.08. The van der Waals surface area contributed by atoms with Crippen molar-refractivity contribution < 1.29 is 13.9 Å². The van der Waals surface area contributed by atoms with Crippen LogP contribution in [0.3, 0.4) is 0 Å². The quantitative estimate of drug-likeness (QED) is 0.894. The molecule has 2 rings (SSSR count). The standard InChI is InChI=1S/C15H15FN2O2/c1-10-4-3-5-12(8-10)17-15(19)18-13-7-6-11(16)9-14(13)20-2/h3-9H,1-2H3,(H2,17,18,19). The Morgan fingerprint density at radius 2 is 1.95 bits per heavy atom. The number of aryl methyl sites for hydroxylation is 1. The summed E-state index contributed by atoms with van der Waals surface area (Å²) in [5.74, 6) is -0.157. The van der Waals surface area contributed by atoms with Crippen LogP contribution in [0, 0.1) is 12.7 Å². The van der Waals surface area contributed by atoms with Gasteiger partial charge in [0.2, 0.25) is 0 Å². The number of amides is 2. The lowest BCUT2D eigenvalue weighted by atomic mass is 10.2. The largest absolute Gasteiger partial charge is 0.494 e. The molecule has 0 saturated heterocycles. The van der Waals surface area contributed by atoms with Gasteiger partial charge in [-0.2, -0.15) is 0 Å². The lowest BCUT2D eigenvalue weighted by Gasteiger charge is -2.11. The highest BCUT2D eigenvalue weighted by molar-refractivity contribution is 6.00. The average Bonchev–Trinajstić information content (AvgIpc) is 2.40. The van der Waals surface area contributed by atoms with E-state index in [1.54, 1.807) is 6.07 Å². The molecule has 0 radical (unpaired) electrons. The Balaban J connectivity index is 2.08. The fourth-order valence-corrected chi connectivity index (χ4v) is 1.78. The molecule has 2 N–H and O–H groups in total. The zero-order valence-corrected chi connectivity index (χ0v) is 11.2. The second-order valence-electron chi connectivity index (χ2n) is 4.29. The Kier molecular flexibility index (Phi) is 4.20. The summed E-state index contributed by atoms with van der Waals surface area (Å²) in [5, 5.41) is 5.31. The summed E-state index contributed by atoms with van der Waals surface area (Å²) < 4.78 is 18.1. The number of rotatable bonds is 3. The zero-order valence-electron chi connectivity index (χ0n) is 11.2. The van der Waals surface area contributed by atoms with E-state index in [9.17, 15) is 9.18 Å². The molecule has 0 aliphatic heterocycles. The molecule has 2 aromatic rings. The van der Waals surface area contributed by atoms with Gasteiger partial charge in [-0.05, 0) is 36.8 Å². The maximum Gasteiger partial charge on any atom is 0.323 e. The molecule has 0 aliphatic rings. The Morgan fingerprint density at radius 3 is 2.65 bits per heavy atom. The maximum atomic E-state index is 13.1. The van der Waals surface area contributed by atoms with E-state index < -0.39 is 11.8 Å². The second-order valence-corrected chi connectivity index (χ2v) is 4.29.